The van der Waals surface area contributed by atoms with Crippen molar-refractivity contribution in [2.75, 3.05) is 27.1 Å². The number of hydrogen-bond acceptors (Lipinski definition) is 4. The van der Waals surface area contributed by atoms with Gasteiger partial charge in [-0.15, -0.1) is 0 Å². The summed E-state index contributed by atoms with van der Waals surface area (Å²) in [4.78, 5) is 0. The molecule has 1 heterocycles. The molecule has 0 saturated heterocycles. The lowest BCUT2D eigenvalue weighted by atomic mass is 10.1. The van der Waals surface area contributed by atoms with E-state index in [1.165, 1.54) is 0 Å². The summed E-state index contributed by atoms with van der Waals surface area (Å²) < 4.78 is 23.4. The van der Waals surface area contributed by atoms with E-state index < -0.39 is 8.07 Å². The molecule has 6 heteroatoms. The van der Waals surface area contributed by atoms with Crippen LogP contribution in [0.3, 0.4) is 0 Å². The molecule has 0 atom stereocenters. The number of methoxy groups -OCH3 is 1. The van der Waals surface area contributed by atoms with E-state index in [1.807, 2.05) is 6.07 Å². The molecule has 2 rings (SSSR count). The van der Waals surface area contributed by atoms with Gasteiger partial charge in [-0.3, -0.25) is 0 Å². The van der Waals surface area contributed by atoms with Gasteiger partial charge >= 0.3 is 0 Å². The van der Waals surface area contributed by atoms with E-state index in [0.717, 1.165) is 46.2 Å². The van der Waals surface area contributed by atoms with Gasteiger partial charge in [0.05, 0.1) is 17.7 Å². The third-order valence-corrected chi connectivity index (χ3v) is 6.12. The molecular weight excluding hydrogens is 364 g/mol. The lowest BCUT2D eigenvalue weighted by Crippen LogP contribution is -2.22. The normalized spacial score (nSPS) is 13.9. The van der Waals surface area contributed by atoms with Gasteiger partial charge in [-0.05, 0) is 33.6 Å². The number of ether oxygens (including phenoxy) is 4. The average molecular weight is 389 g/mol. The molecule has 4 nitrogen and oxygen atoms in total. The first-order valence-corrected chi connectivity index (χ1v) is 12.1. The molecular formula is C16H25BrO4Si. The first-order chi connectivity index (χ1) is 10.4. The number of fused-ring (bicyclic) bond motifs is 1. The zero-order valence-corrected chi connectivity index (χ0v) is 16.4. The Bertz CT molecular complexity index is 514. The third-order valence-electron chi connectivity index (χ3n) is 3.55. The Kier molecular flexibility index (Phi) is 6.32. The molecule has 0 N–H and O–H groups in total. The van der Waals surface area contributed by atoms with Crippen LogP contribution in [0, 0.1) is 0 Å². The Balaban J connectivity index is 2.00. The number of rotatable bonds is 8. The van der Waals surface area contributed by atoms with Crippen LogP contribution in [0.4, 0.5) is 0 Å². The molecule has 0 saturated carbocycles. The molecule has 0 unspecified atom stereocenters. The molecule has 1 aromatic carbocycles. The van der Waals surface area contributed by atoms with Crippen LogP contribution in [0.5, 0.6) is 11.5 Å². The van der Waals surface area contributed by atoms with E-state index in [1.54, 1.807) is 7.11 Å². The van der Waals surface area contributed by atoms with Crippen molar-refractivity contribution in [1.82, 2.24) is 0 Å². The Morgan fingerprint density at radius 2 is 2.09 bits per heavy atom. The summed E-state index contributed by atoms with van der Waals surface area (Å²) >= 11 is 3.63. The van der Waals surface area contributed by atoms with Gasteiger partial charge in [0, 0.05) is 33.8 Å². The van der Waals surface area contributed by atoms with Crippen LogP contribution in [-0.4, -0.2) is 35.2 Å². The molecule has 0 aromatic heterocycles. The van der Waals surface area contributed by atoms with Gasteiger partial charge in [0.1, 0.15) is 11.5 Å². The third kappa shape index (κ3) is 4.71. The van der Waals surface area contributed by atoms with Crippen molar-refractivity contribution in [3.8, 4) is 11.5 Å². The minimum atomic E-state index is -1.06. The summed E-state index contributed by atoms with van der Waals surface area (Å²) in [5.74, 6) is 1.72. The van der Waals surface area contributed by atoms with Crippen LogP contribution in [0.1, 0.15) is 11.1 Å². The van der Waals surface area contributed by atoms with Crippen molar-refractivity contribution < 1.29 is 18.9 Å². The molecule has 0 spiro atoms. The minimum absolute atomic E-state index is 0.270. The molecule has 1 aliphatic rings. The van der Waals surface area contributed by atoms with Crippen LogP contribution >= 0.6 is 15.9 Å². The lowest BCUT2D eigenvalue weighted by Gasteiger charge is -2.17. The van der Waals surface area contributed by atoms with Gasteiger partial charge in [0.25, 0.3) is 0 Å². The van der Waals surface area contributed by atoms with Crippen molar-refractivity contribution in [2.24, 2.45) is 0 Å². The molecule has 124 valence electrons. The van der Waals surface area contributed by atoms with Crippen LogP contribution in [-0.2, 0) is 22.5 Å². The van der Waals surface area contributed by atoms with Gasteiger partial charge < -0.3 is 18.9 Å². The monoisotopic (exact) mass is 388 g/mol. The van der Waals surface area contributed by atoms with Gasteiger partial charge in [0.15, 0.2) is 6.79 Å². The highest BCUT2D eigenvalue weighted by atomic mass is 79.9. The first kappa shape index (κ1) is 17.8. The van der Waals surface area contributed by atoms with Gasteiger partial charge in [-0.2, -0.15) is 0 Å². The maximum Gasteiger partial charge on any atom is 0.189 e. The van der Waals surface area contributed by atoms with Gasteiger partial charge in [-0.25, -0.2) is 0 Å². The average Bonchev–Trinajstić information content (AvgIpc) is 2.88. The van der Waals surface area contributed by atoms with E-state index in [2.05, 4.69) is 35.6 Å². The first-order valence-electron chi connectivity index (χ1n) is 7.59. The summed E-state index contributed by atoms with van der Waals surface area (Å²) in [6, 6.07) is 3.16. The number of halogens is 1. The van der Waals surface area contributed by atoms with Crippen LogP contribution in [0.25, 0.3) is 0 Å². The van der Waals surface area contributed by atoms with E-state index >= 15 is 0 Å². The Morgan fingerprint density at radius 3 is 2.77 bits per heavy atom. The van der Waals surface area contributed by atoms with Crippen molar-refractivity contribution in [2.45, 2.75) is 38.7 Å². The lowest BCUT2D eigenvalue weighted by molar-refractivity contribution is 0.0209. The van der Waals surface area contributed by atoms with Crippen LogP contribution in [0.15, 0.2) is 10.5 Å². The Hall–Kier alpha value is -0.563. The predicted molar refractivity (Wildman–Crippen MR) is 93.7 cm³/mol. The number of benzene rings is 1. The topological polar surface area (TPSA) is 36.9 Å². The van der Waals surface area contributed by atoms with E-state index in [0.29, 0.717) is 13.2 Å². The second-order valence-electron chi connectivity index (χ2n) is 6.67. The second kappa shape index (κ2) is 7.81. The molecule has 1 aromatic rings. The molecule has 0 bridgehead atoms. The molecule has 0 fully saturated rings. The highest BCUT2D eigenvalue weighted by molar-refractivity contribution is 9.10. The van der Waals surface area contributed by atoms with E-state index in [4.69, 9.17) is 18.9 Å². The summed E-state index contributed by atoms with van der Waals surface area (Å²) in [7, 11) is 0.621. The maximum absolute atomic E-state index is 5.89. The maximum atomic E-state index is 5.89. The summed E-state index contributed by atoms with van der Waals surface area (Å²) in [5, 5.41) is 0. The fourth-order valence-electron chi connectivity index (χ4n) is 2.28. The quantitative estimate of drug-likeness (QED) is 0.379. The SMILES string of the molecule is COCc1cc2c(c(OCOCC[Si](C)(C)C)c1Br)CCO2. The molecule has 0 radical (unpaired) electrons. The second-order valence-corrected chi connectivity index (χ2v) is 13.1. The summed E-state index contributed by atoms with van der Waals surface area (Å²) in [6.45, 7) is 9.26. The summed E-state index contributed by atoms with van der Waals surface area (Å²) in [5.41, 5.74) is 2.14. The molecule has 0 amide bonds. The van der Waals surface area contributed by atoms with Gasteiger partial charge in [0.2, 0.25) is 0 Å². The minimum Gasteiger partial charge on any atom is -0.493 e. The highest BCUT2D eigenvalue weighted by Gasteiger charge is 2.23. The Labute approximate surface area is 142 Å². The van der Waals surface area contributed by atoms with Crippen LogP contribution in [0.2, 0.25) is 25.7 Å². The predicted octanol–water partition coefficient (Wildman–Crippen LogP) is 4.22. The van der Waals surface area contributed by atoms with E-state index in [9.17, 15) is 0 Å². The standard InChI is InChI=1S/C16H25BrO4Si/c1-18-10-12-9-14-13(5-6-20-14)16(15(12)17)21-11-19-7-8-22(2,3)4/h9H,5-8,10-11H2,1-4H3. The largest absolute Gasteiger partial charge is 0.493 e. The number of hydrogen-bond donors (Lipinski definition) is 0. The fraction of sp³-hybridized carbons (Fsp3) is 0.625. The zero-order valence-electron chi connectivity index (χ0n) is 13.8. The van der Waals surface area contributed by atoms with Crippen molar-refractivity contribution in [3.05, 3.63) is 21.7 Å². The molecule has 1 aliphatic heterocycles. The fourth-order valence-corrected chi connectivity index (χ4v) is 3.62. The van der Waals surface area contributed by atoms with Crippen molar-refractivity contribution in [1.29, 1.82) is 0 Å². The van der Waals surface area contributed by atoms with E-state index in [-0.39, 0.29) is 6.79 Å². The molecule has 0 aliphatic carbocycles. The van der Waals surface area contributed by atoms with Gasteiger partial charge in [-0.1, -0.05) is 19.6 Å². The van der Waals surface area contributed by atoms with Crippen LogP contribution < -0.4 is 9.47 Å². The zero-order chi connectivity index (χ0) is 16.2. The highest BCUT2D eigenvalue weighted by Crippen LogP contribution is 2.42. The smallest absolute Gasteiger partial charge is 0.189 e. The Morgan fingerprint density at radius 1 is 1.32 bits per heavy atom. The van der Waals surface area contributed by atoms with Crippen molar-refractivity contribution >= 4 is 24.0 Å². The summed E-state index contributed by atoms with van der Waals surface area (Å²) in [6.07, 6.45) is 0.867. The molecule has 22 heavy (non-hydrogen) atoms. The van der Waals surface area contributed by atoms with Crippen molar-refractivity contribution in [3.63, 3.8) is 0 Å².